The summed E-state index contributed by atoms with van der Waals surface area (Å²) in [5.41, 5.74) is 8.19. The standard InChI is InChI=1S/C35H82O11Si9.C20H44O5Si4.C19H46O6Si5/c1-18-51(14)25-22-41-52(15,30-27-48(8,9)43-47(6,7)24-20-21-39-33-35-34-40-35)26-23-42-54(17,46-53(16,19-2)45-51)31-28-49(10,11)44-50(12,13)29-32-55(36-3,37-4)38-5;1-8-28(6)15-10-9-13-23-29(7,25-28)17-16-27(4,5)24-26(2,3)14-11-12-21-18-20-19-22-20;1-11-28(9)15-13-12-14-23-29(10,25-28)18-16-26(5,6)24-27(7,8)17-19-30(20-2,21-3)22-4/h18-19,35H,1-2,20-34H2,3-17H3;8,20H,1,9-19H2,2-7H3;11H,1,12-19H2,2-10H3. The summed E-state index contributed by atoms with van der Waals surface area (Å²) in [5, 5.41) is 0. The molecule has 10 atom stereocenters. The molecule has 0 spiro atoms. The highest BCUT2D eigenvalue weighted by Crippen LogP contribution is 2.39. The smallest absolute Gasteiger partial charge is 0.456 e. The van der Waals surface area contributed by atoms with Gasteiger partial charge in [0, 0.05) is 94.4 Å². The van der Waals surface area contributed by atoms with E-state index in [9.17, 15) is 0 Å². The molecular formula is C74H172O22Si18. The van der Waals surface area contributed by atoms with Gasteiger partial charge in [-0.05, 0) is 280 Å². The van der Waals surface area contributed by atoms with Crippen LogP contribution in [0.15, 0.2) is 49.1 Å². The molecule has 0 N–H and O–H groups in total. The predicted octanol–water partition coefficient (Wildman–Crippen LogP) is 20.3. The first kappa shape index (κ1) is 110. The van der Waals surface area contributed by atoms with Crippen LogP contribution < -0.4 is 0 Å². The summed E-state index contributed by atoms with van der Waals surface area (Å²) < 4.78 is 138. The van der Waals surface area contributed by atoms with Crippen LogP contribution in [0.3, 0.4) is 0 Å². The average molecular weight is 1920 g/mol. The van der Waals surface area contributed by atoms with Crippen molar-refractivity contribution in [3.8, 4) is 0 Å². The minimum Gasteiger partial charge on any atom is -0.456 e. The first-order chi connectivity index (χ1) is 52.5. The lowest BCUT2D eigenvalue weighted by molar-refractivity contribution is 0.116. The van der Waals surface area contributed by atoms with Gasteiger partial charge < -0.3 is 96.1 Å². The molecule has 5 fully saturated rings. The maximum absolute atomic E-state index is 7.19. The first-order valence-corrected chi connectivity index (χ1v) is 92.6. The molecule has 0 aromatic heterocycles. The topological polar surface area (TPSA) is 210 Å². The summed E-state index contributed by atoms with van der Waals surface area (Å²) in [6.45, 7) is 79.9. The van der Waals surface area contributed by atoms with Gasteiger partial charge >= 0.3 is 51.9 Å². The van der Waals surface area contributed by atoms with Crippen molar-refractivity contribution in [1.29, 1.82) is 0 Å². The molecule has 0 saturated carbocycles. The Balaban J connectivity index is 0.000000481. The van der Waals surface area contributed by atoms with E-state index in [-0.39, 0.29) is 0 Å². The monoisotopic (exact) mass is 1920 g/mol. The third-order valence-corrected chi connectivity index (χ3v) is 91.6. The minimum absolute atomic E-state index is 0.320. The van der Waals surface area contributed by atoms with Crippen LogP contribution in [0.1, 0.15) is 38.5 Å². The maximum atomic E-state index is 7.19. The fourth-order valence-electron chi connectivity index (χ4n) is 15.5. The van der Waals surface area contributed by atoms with Crippen molar-refractivity contribution in [1.82, 2.24) is 0 Å². The van der Waals surface area contributed by atoms with Crippen LogP contribution in [-0.4, -0.2) is 273 Å². The van der Waals surface area contributed by atoms with Crippen LogP contribution in [0, 0.1) is 0 Å². The van der Waals surface area contributed by atoms with E-state index in [0.29, 0.717) is 25.4 Å². The van der Waals surface area contributed by atoms with E-state index in [0.717, 1.165) is 181 Å². The van der Waals surface area contributed by atoms with E-state index in [2.05, 4.69) is 195 Å². The van der Waals surface area contributed by atoms with Gasteiger partial charge in [0.2, 0.25) is 25.0 Å². The Hall–Kier alpha value is 1.98. The van der Waals surface area contributed by atoms with Gasteiger partial charge in [0.05, 0.1) is 26.4 Å². The molecular weight excluding hydrogens is 1750 g/mol. The van der Waals surface area contributed by atoms with Crippen molar-refractivity contribution in [2.75, 3.05) is 109 Å². The molecule has 22 nitrogen and oxygen atoms in total. The average Bonchev–Trinajstić information content (AvgIpc) is 1.45. The highest BCUT2D eigenvalue weighted by Gasteiger charge is 2.52. The zero-order chi connectivity index (χ0) is 86.6. The number of epoxide rings is 2. The summed E-state index contributed by atoms with van der Waals surface area (Å²) in [6, 6.07) is 17.9. The lowest BCUT2D eigenvalue weighted by atomic mass is 10.4. The quantitative estimate of drug-likeness (QED) is 0.0315. The van der Waals surface area contributed by atoms with Gasteiger partial charge in [0.1, 0.15) is 12.2 Å². The van der Waals surface area contributed by atoms with Gasteiger partial charge in [-0.3, -0.25) is 0 Å². The molecule has 5 saturated heterocycles. The second kappa shape index (κ2) is 48.2. The molecule has 40 heteroatoms. The Morgan fingerprint density at radius 3 is 0.947 bits per heavy atom. The van der Waals surface area contributed by atoms with Crippen molar-refractivity contribution in [2.45, 2.75) is 317 Å². The molecule has 5 rings (SSSR count). The third kappa shape index (κ3) is 43.9. The van der Waals surface area contributed by atoms with Crippen LogP contribution in [-0.2, 0) is 96.1 Å². The van der Waals surface area contributed by atoms with E-state index >= 15 is 0 Å². The van der Waals surface area contributed by atoms with Gasteiger partial charge in [-0.25, -0.2) is 0 Å². The second-order valence-electron chi connectivity index (χ2n) is 39.2. The van der Waals surface area contributed by atoms with Crippen LogP contribution in [0.25, 0.3) is 0 Å². The Bertz CT molecular complexity index is 2800. The highest BCUT2D eigenvalue weighted by atomic mass is 28.5. The Morgan fingerprint density at radius 2 is 0.623 bits per heavy atom. The van der Waals surface area contributed by atoms with Crippen LogP contribution in [0.2, 0.25) is 266 Å². The Labute approximate surface area is 716 Å². The van der Waals surface area contributed by atoms with Crippen molar-refractivity contribution < 1.29 is 96.1 Å². The molecule has 5 aliphatic heterocycles. The molecule has 114 heavy (non-hydrogen) atoms. The molecule has 0 aliphatic carbocycles. The van der Waals surface area contributed by atoms with Crippen molar-refractivity contribution >= 4 is 152 Å². The van der Waals surface area contributed by atoms with E-state index in [4.69, 9.17) is 96.1 Å². The minimum atomic E-state index is -2.81. The molecule has 5 aliphatic rings. The van der Waals surface area contributed by atoms with Gasteiger partial charge in [-0.15, -0.1) is 26.3 Å². The predicted molar refractivity (Wildman–Crippen MR) is 515 cm³/mol. The number of hydrogen-bond acceptors (Lipinski definition) is 22. The zero-order valence-corrected chi connectivity index (χ0v) is 96.3. The normalized spacial score (nSPS) is 29.1. The molecule has 0 radical (unpaired) electrons. The summed E-state index contributed by atoms with van der Waals surface area (Å²) in [5.74, 6) is 0. The number of hydrogen-bond donors (Lipinski definition) is 0. The van der Waals surface area contributed by atoms with Gasteiger partial charge in [0.15, 0.2) is 74.9 Å². The molecule has 5 heterocycles. The maximum Gasteiger partial charge on any atom is 0.499 e. The van der Waals surface area contributed by atoms with E-state index in [1.807, 2.05) is 11.4 Å². The van der Waals surface area contributed by atoms with E-state index in [1.54, 1.807) is 42.7 Å². The van der Waals surface area contributed by atoms with Gasteiger partial charge in [-0.2, -0.15) is 0 Å². The molecule has 0 aromatic carbocycles. The SMILES string of the molecule is C=C[Si]1(C)CCCCO[Si](C)(CC[Si](C)(C)O[Si](C)(C)CCCOCC2CO2)O1.C=C[Si]1(C)CCCCO[Si](C)(CC[Si](C)(C)O[Si](C)(C)CC[Si](OC)(OC)OC)O1.C=C[Si]1(C)CCO[Si](C)(CC[Si](C)(C)O[Si](C)(C)CCCOCC2CO2)CCO[Si](C)(CC[Si](C)(C)O[Si](C)(C)CC[Si](OC)(OC)OC)O[Si](C)(C=C)O1. The summed E-state index contributed by atoms with van der Waals surface area (Å²) in [6.07, 6.45) is 7.45. The molecule has 0 aromatic rings. The highest BCUT2D eigenvalue weighted by molar-refractivity contribution is 6.94. The molecule has 672 valence electrons. The van der Waals surface area contributed by atoms with E-state index in [1.165, 1.54) is 18.9 Å². The second-order valence-corrected chi connectivity index (χ2v) is 110. The van der Waals surface area contributed by atoms with Crippen molar-refractivity contribution in [3.63, 3.8) is 0 Å². The molecule has 0 amide bonds. The van der Waals surface area contributed by atoms with Crippen LogP contribution in [0.5, 0.6) is 0 Å². The fourth-order valence-corrected chi connectivity index (χ4v) is 99.0. The van der Waals surface area contributed by atoms with Crippen molar-refractivity contribution in [2.24, 2.45) is 0 Å². The number of ether oxygens (including phenoxy) is 4. The summed E-state index contributed by atoms with van der Waals surface area (Å²) in [7, 11) is -28.6. The molecule has 10 unspecified atom stereocenters. The summed E-state index contributed by atoms with van der Waals surface area (Å²) >= 11 is 0. The van der Waals surface area contributed by atoms with Gasteiger partial charge in [0.25, 0.3) is 0 Å². The Morgan fingerprint density at radius 1 is 0.325 bits per heavy atom. The van der Waals surface area contributed by atoms with Gasteiger partial charge in [-0.1, -0.05) is 35.6 Å². The molecule has 0 bridgehead atoms. The largest absolute Gasteiger partial charge is 0.499 e. The Kier molecular flexibility index (Phi) is 46.6. The first-order valence-electron chi connectivity index (χ1n) is 42.9. The number of rotatable bonds is 48. The van der Waals surface area contributed by atoms with Crippen LogP contribution >= 0.6 is 0 Å². The van der Waals surface area contributed by atoms with Crippen molar-refractivity contribution in [3.05, 3.63) is 49.1 Å². The zero-order valence-electron chi connectivity index (χ0n) is 78.3. The third-order valence-electron chi connectivity index (χ3n) is 22.9. The fraction of sp³-hybridized carbons (Fsp3) is 0.892. The van der Waals surface area contributed by atoms with E-state index < -0.39 is 152 Å². The lowest BCUT2D eigenvalue weighted by Crippen LogP contribution is -2.57. The summed E-state index contributed by atoms with van der Waals surface area (Å²) in [4.78, 5) is 0. The van der Waals surface area contributed by atoms with Crippen LogP contribution in [0.4, 0.5) is 0 Å². The lowest BCUT2D eigenvalue weighted by Gasteiger charge is -2.43.